The van der Waals surface area contributed by atoms with Gasteiger partial charge in [-0.05, 0) is 54.7 Å². The van der Waals surface area contributed by atoms with Gasteiger partial charge in [-0.15, -0.1) is 0 Å². The number of anilines is 1. The van der Waals surface area contributed by atoms with Gasteiger partial charge in [0, 0.05) is 54.3 Å². The smallest absolute Gasteiger partial charge is 0.261 e. The summed E-state index contributed by atoms with van der Waals surface area (Å²) in [6.07, 6.45) is 1.63. The van der Waals surface area contributed by atoms with Crippen LogP contribution in [0, 0.1) is 0 Å². The quantitative estimate of drug-likeness (QED) is 0.422. The number of piperidine rings is 1. The molecule has 1 saturated heterocycles. The summed E-state index contributed by atoms with van der Waals surface area (Å²) in [5.41, 5.74) is 1.96. The fraction of sp³-hybridized carbons (Fsp3) is 0.259. The van der Waals surface area contributed by atoms with Crippen LogP contribution < -0.4 is 10.6 Å². The van der Waals surface area contributed by atoms with E-state index in [2.05, 4.69) is 15.5 Å². The van der Waals surface area contributed by atoms with E-state index in [0.29, 0.717) is 21.6 Å². The Labute approximate surface area is 209 Å². The van der Waals surface area contributed by atoms with Crippen molar-refractivity contribution in [3.8, 4) is 0 Å². The highest BCUT2D eigenvalue weighted by atomic mass is 32.1. The zero-order chi connectivity index (χ0) is 24.4. The first-order valence-electron chi connectivity index (χ1n) is 11.8. The lowest BCUT2D eigenvalue weighted by Gasteiger charge is -2.34. The maximum absolute atomic E-state index is 13.0. The fourth-order valence-corrected chi connectivity index (χ4v) is 5.05. The van der Waals surface area contributed by atoms with Crippen molar-refractivity contribution in [2.45, 2.75) is 25.3 Å². The van der Waals surface area contributed by atoms with Crippen molar-refractivity contribution in [2.75, 3.05) is 25.0 Å². The SMILES string of the molecule is O=C(CCN1C(=O)c2cccc3cccc(c23)C1=O)NC1CCN(C(=S)Nc2ccccc2)CC1. The summed E-state index contributed by atoms with van der Waals surface area (Å²) in [4.78, 5) is 41.9. The molecule has 35 heavy (non-hydrogen) atoms. The average Bonchev–Trinajstić information content (AvgIpc) is 2.88. The Morgan fingerprint density at radius 3 is 2.14 bits per heavy atom. The van der Waals surface area contributed by atoms with Crippen LogP contribution in [-0.2, 0) is 4.79 Å². The molecule has 7 nitrogen and oxygen atoms in total. The second-order valence-corrected chi connectivity index (χ2v) is 9.23. The molecule has 0 radical (unpaired) electrons. The van der Waals surface area contributed by atoms with E-state index in [0.717, 1.165) is 37.0 Å². The third kappa shape index (κ3) is 4.74. The van der Waals surface area contributed by atoms with E-state index in [-0.39, 0.29) is 36.7 Å². The van der Waals surface area contributed by atoms with Crippen molar-refractivity contribution in [1.29, 1.82) is 0 Å². The normalized spacial score (nSPS) is 15.9. The molecule has 0 bridgehead atoms. The molecule has 0 saturated carbocycles. The number of rotatable bonds is 5. The van der Waals surface area contributed by atoms with Crippen LogP contribution in [0.4, 0.5) is 5.69 Å². The molecule has 0 atom stereocenters. The molecule has 8 heteroatoms. The van der Waals surface area contributed by atoms with Crippen LogP contribution in [0.5, 0.6) is 0 Å². The van der Waals surface area contributed by atoms with E-state index in [1.54, 1.807) is 12.1 Å². The second-order valence-electron chi connectivity index (χ2n) is 8.85. The fourth-order valence-electron chi connectivity index (χ4n) is 4.75. The van der Waals surface area contributed by atoms with Crippen LogP contribution in [0.1, 0.15) is 40.0 Å². The van der Waals surface area contributed by atoms with Crippen molar-refractivity contribution in [3.05, 3.63) is 77.9 Å². The van der Waals surface area contributed by atoms with Crippen LogP contribution in [0.2, 0.25) is 0 Å². The molecule has 0 spiro atoms. The van der Waals surface area contributed by atoms with Crippen molar-refractivity contribution < 1.29 is 14.4 Å². The molecule has 2 heterocycles. The molecule has 1 fully saturated rings. The van der Waals surface area contributed by atoms with Gasteiger partial charge in [0.05, 0.1) is 0 Å². The van der Waals surface area contributed by atoms with E-state index in [1.165, 1.54) is 4.90 Å². The lowest BCUT2D eigenvalue weighted by molar-refractivity contribution is -0.122. The van der Waals surface area contributed by atoms with Gasteiger partial charge < -0.3 is 15.5 Å². The van der Waals surface area contributed by atoms with Crippen LogP contribution in [0.25, 0.3) is 10.8 Å². The molecule has 2 N–H and O–H groups in total. The lowest BCUT2D eigenvalue weighted by Crippen LogP contribution is -2.48. The monoisotopic (exact) mass is 486 g/mol. The second kappa shape index (κ2) is 9.84. The zero-order valence-corrected chi connectivity index (χ0v) is 20.0. The summed E-state index contributed by atoms with van der Waals surface area (Å²) in [5.74, 6) is -0.856. The molecule has 3 amide bonds. The Balaban J connectivity index is 1.13. The average molecular weight is 487 g/mol. The summed E-state index contributed by atoms with van der Waals surface area (Å²) in [6, 6.07) is 20.7. The van der Waals surface area contributed by atoms with Crippen molar-refractivity contribution >= 4 is 51.5 Å². The summed E-state index contributed by atoms with van der Waals surface area (Å²) in [5, 5.41) is 8.54. The number of nitrogens with one attached hydrogen (secondary N) is 2. The predicted octanol–water partition coefficient (Wildman–Crippen LogP) is 3.80. The molecule has 5 rings (SSSR count). The van der Waals surface area contributed by atoms with Crippen LogP contribution in [0.3, 0.4) is 0 Å². The van der Waals surface area contributed by atoms with Gasteiger partial charge >= 0.3 is 0 Å². The van der Waals surface area contributed by atoms with Crippen molar-refractivity contribution in [1.82, 2.24) is 15.1 Å². The number of amides is 3. The van der Waals surface area contributed by atoms with Gasteiger partial charge in [0.1, 0.15) is 0 Å². The van der Waals surface area contributed by atoms with Gasteiger partial charge in [-0.25, -0.2) is 0 Å². The first-order valence-corrected chi connectivity index (χ1v) is 12.2. The summed E-state index contributed by atoms with van der Waals surface area (Å²) in [6.45, 7) is 1.54. The van der Waals surface area contributed by atoms with E-state index in [9.17, 15) is 14.4 Å². The first kappa shape index (κ1) is 23.0. The van der Waals surface area contributed by atoms with E-state index >= 15 is 0 Å². The molecule has 0 aliphatic carbocycles. The molecular weight excluding hydrogens is 460 g/mol. The van der Waals surface area contributed by atoms with Crippen molar-refractivity contribution in [3.63, 3.8) is 0 Å². The molecule has 2 aliphatic rings. The Bertz CT molecular complexity index is 1250. The molecule has 0 unspecified atom stereocenters. The predicted molar refractivity (Wildman–Crippen MR) is 139 cm³/mol. The van der Waals surface area contributed by atoms with Crippen molar-refractivity contribution in [2.24, 2.45) is 0 Å². The minimum absolute atomic E-state index is 0.0421. The Kier molecular flexibility index (Phi) is 6.46. The van der Waals surface area contributed by atoms with Gasteiger partial charge in [-0.3, -0.25) is 19.3 Å². The van der Waals surface area contributed by atoms with Gasteiger partial charge in [0.15, 0.2) is 5.11 Å². The van der Waals surface area contributed by atoms with Gasteiger partial charge in [-0.1, -0.05) is 42.5 Å². The number of carbonyl (C=O) groups is 3. The van der Waals surface area contributed by atoms with Crippen LogP contribution in [-0.4, -0.2) is 58.3 Å². The number of carbonyl (C=O) groups excluding carboxylic acids is 3. The summed E-state index contributed by atoms with van der Waals surface area (Å²) in [7, 11) is 0. The van der Waals surface area contributed by atoms with Gasteiger partial charge in [0.2, 0.25) is 5.91 Å². The summed E-state index contributed by atoms with van der Waals surface area (Å²) < 4.78 is 0. The third-order valence-corrected chi connectivity index (χ3v) is 6.95. The molecule has 3 aromatic rings. The highest BCUT2D eigenvalue weighted by Crippen LogP contribution is 2.30. The molecule has 2 aliphatic heterocycles. The Morgan fingerprint density at radius 1 is 0.886 bits per heavy atom. The first-order chi connectivity index (χ1) is 17.0. The number of benzene rings is 3. The standard InChI is InChI=1S/C27H26N4O3S/c32-23(28-20-12-15-30(16-13-20)27(35)29-19-8-2-1-3-9-19)14-17-31-25(33)21-10-4-6-18-7-5-11-22(24(18)21)26(31)34/h1-11,20H,12-17H2,(H,28,32)(H,29,35). The highest BCUT2D eigenvalue weighted by molar-refractivity contribution is 7.80. The van der Waals surface area contributed by atoms with E-state index in [1.807, 2.05) is 54.6 Å². The van der Waals surface area contributed by atoms with E-state index < -0.39 is 0 Å². The minimum atomic E-state index is -0.347. The number of likely N-dealkylation sites (tertiary alicyclic amines) is 1. The van der Waals surface area contributed by atoms with Crippen LogP contribution in [0.15, 0.2) is 66.7 Å². The molecule has 0 aromatic heterocycles. The summed E-state index contributed by atoms with van der Waals surface area (Å²) >= 11 is 5.53. The minimum Gasteiger partial charge on any atom is -0.353 e. The van der Waals surface area contributed by atoms with Gasteiger partial charge in [-0.2, -0.15) is 0 Å². The molecule has 178 valence electrons. The number of hydrogen-bond acceptors (Lipinski definition) is 4. The maximum atomic E-state index is 13.0. The number of hydrogen-bond donors (Lipinski definition) is 2. The maximum Gasteiger partial charge on any atom is 0.261 e. The third-order valence-electron chi connectivity index (χ3n) is 6.59. The zero-order valence-electron chi connectivity index (χ0n) is 19.2. The number of para-hydroxylation sites is 1. The van der Waals surface area contributed by atoms with E-state index in [4.69, 9.17) is 12.2 Å². The largest absolute Gasteiger partial charge is 0.353 e. The highest BCUT2D eigenvalue weighted by Gasteiger charge is 2.33. The van der Waals surface area contributed by atoms with Crippen LogP contribution >= 0.6 is 12.2 Å². The number of thiocarbonyl (C=S) groups is 1. The van der Waals surface area contributed by atoms with Gasteiger partial charge in [0.25, 0.3) is 11.8 Å². The number of nitrogens with zero attached hydrogens (tertiary/aromatic N) is 2. The number of imide groups is 1. The molecule has 3 aromatic carbocycles. The Morgan fingerprint density at radius 2 is 1.51 bits per heavy atom. The Hall–Kier alpha value is -3.78. The lowest BCUT2D eigenvalue weighted by atomic mass is 9.94. The topological polar surface area (TPSA) is 81.8 Å². The molecular formula is C27H26N4O3S.